The van der Waals surface area contributed by atoms with Crippen LogP contribution in [-0.2, 0) is 11.3 Å². The Balaban J connectivity index is 1.63. The molecule has 3 unspecified atom stereocenters. The minimum atomic E-state index is 0.0629. The Morgan fingerprint density at radius 3 is 2.95 bits per heavy atom. The van der Waals surface area contributed by atoms with Crippen LogP contribution in [-0.4, -0.2) is 29.3 Å². The van der Waals surface area contributed by atoms with E-state index in [1.165, 1.54) is 6.42 Å². The maximum absolute atomic E-state index is 8.65. The molecule has 2 fully saturated rings. The third kappa shape index (κ3) is 2.61. The number of nitrogens with one attached hydrogen (secondary N) is 1. The number of fused-ring (bicyclic) bond motifs is 2. The zero-order valence-electron chi connectivity index (χ0n) is 11.1. The summed E-state index contributed by atoms with van der Waals surface area (Å²) in [5, 5.41) is 15.7. The second kappa shape index (κ2) is 5.60. The van der Waals surface area contributed by atoms with Crippen LogP contribution in [0.3, 0.4) is 0 Å². The summed E-state index contributed by atoms with van der Waals surface area (Å²) >= 11 is 6.23. The van der Waals surface area contributed by atoms with Crippen LogP contribution in [0, 0.1) is 0 Å². The molecule has 0 aliphatic carbocycles. The smallest absolute Gasteiger partial charge is 0.170 e. The van der Waals surface area contributed by atoms with Gasteiger partial charge in [0.15, 0.2) is 5.84 Å². The van der Waals surface area contributed by atoms with Crippen molar-refractivity contribution in [2.24, 2.45) is 10.9 Å². The quantitative estimate of drug-likeness (QED) is 0.343. The molecule has 4 N–H and O–H groups in total. The van der Waals surface area contributed by atoms with Crippen molar-refractivity contribution in [2.45, 2.75) is 44.1 Å². The van der Waals surface area contributed by atoms with Crippen molar-refractivity contribution in [1.82, 2.24) is 5.32 Å². The topological polar surface area (TPSA) is 79.9 Å². The van der Waals surface area contributed by atoms with Gasteiger partial charge in [0, 0.05) is 23.2 Å². The van der Waals surface area contributed by atoms with Crippen LogP contribution in [0.4, 0.5) is 0 Å². The zero-order chi connectivity index (χ0) is 14.1. The SMILES string of the molecule is N/C(=N/O)c1ccc(CNC2CC3CCC2O3)c(Cl)c1. The fourth-order valence-electron chi connectivity index (χ4n) is 3.00. The van der Waals surface area contributed by atoms with Crippen molar-refractivity contribution >= 4 is 17.4 Å². The van der Waals surface area contributed by atoms with E-state index in [1.807, 2.05) is 6.07 Å². The van der Waals surface area contributed by atoms with Crippen LogP contribution in [0.2, 0.25) is 5.02 Å². The van der Waals surface area contributed by atoms with Gasteiger partial charge in [0.25, 0.3) is 0 Å². The molecule has 2 saturated heterocycles. The standard InChI is InChI=1S/C14H18ClN3O2/c15-11-5-8(14(16)18-19)1-2-9(11)7-17-12-6-10-3-4-13(12)20-10/h1-2,5,10,12-13,17,19H,3-4,6-7H2,(H2,16,18). The summed E-state index contributed by atoms with van der Waals surface area (Å²) in [7, 11) is 0. The van der Waals surface area contributed by atoms with E-state index in [4.69, 9.17) is 27.3 Å². The molecule has 1 aromatic carbocycles. The van der Waals surface area contributed by atoms with Gasteiger partial charge in [0.05, 0.1) is 12.2 Å². The molecule has 3 atom stereocenters. The van der Waals surface area contributed by atoms with Crippen molar-refractivity contribution in [1.29, 1.82) is 0 Å². The Morgan fingerprint density at radius 2 is 2.35 bits per heavy atom. The number of nitrogens with zero attached hydrogens (tertiary/aromatic N) is 1. The van der Waals surface area contributed by atoms with Crippen molar-refractivity contribution in [3.05, 3.63) is 34.3 Å². The Hall–Kier alpha value is -1.30. The third-order valence-electron chi connectivity index (χ3n) is 4.12. The Bertz CT molecular complexity index is 535. The van der Waals surface area contributed by atoms with Crippen molar-refractivity contribution in [2.75, 3.05) is 0 Å². The lowest BCUT2D eigenvalue weighted by Crippen LogP contribution is -2.37. The molecule has 0 spiro atoms. The molecule has 0 aromatic heterocycles. The molecule has 20 heavy (non-hydrogen) atoms. The lowest BCUT2D eigenvalue weighted by atomic mass is 9.95. The maximum atomic E-state index is 8.65. The maximum Gasteiger partial charge on any atom is 0.170 e. The van der Waals surface area contributed by atoms with Crippen molar-refractivity contribution in [3.63, 3.8) is 0 Å². The van der Waals surface area contributed by atoms with E-state index in [1.54, 1.807) is 12.1 Å². The molecule has 2 aliphatic heterocycles. The van der Waals surface area contributed by atoms with E-state index in [0.29, 0.717) is 35.4 Å². The number of oxime groups is 1. The predicted molar refractivity (Wildman–Crippen MR) is 77.1 cm³/mol. The lowest BCUT2D eigenvalue weighted by Gasteiger charge is -2.20. The molecule has 2 heterocycles. The average molecular weight is 296 g/mol. The Labute approximate surface area is 122 Å². The summed E-state index contributed by atoms with van der Waals surface area (Å²) in [5.41, 5.74) is 7.16. The van der Waals surface area contributed by atoms with Gasteiger partial charge in [0.2, 0.25) is 0 Å². The first kappa shape index (κ1) is 13.7. The normalized spacial score (nSPS) is 29.1. The van der Waals surface area contributed by atoms with Crippen molar-refractivity contribution in [3.8, 4) is 0 Å². The molecule has 0 saturated carbocycles. The van der Waals surface area contributed by atoms with E-state index in [2.05, 4.69) is 10.5 Å². The number of hydrogen-bond acceptors (Lipinski definition) is 4. The Morgan fingerprint density at radius 1 is 1.50 bits per heavy atom. The number of benzene rings is 1. The summed E-state index contributed by atoms with van der Waals surface area (Å²) in [4.78, 5) is 0. The second-order valence-electron chi connectivity index (χ2n) is 5.39. The first-order valence-corrected chi connectivity index (χ1v) is 7.20. The molecular formula is C14H18ClN3O2. The Kier molecular flexibility index (Phi) is 3.83. The number of rotatable bonds is 4. The van der Waals surface area contributed by atoms with Gasteiger partial charge >= 0.3 is 0 Å². The van der Waals surface area contributed by atoms with Gasteiger partial charge in [-0.3, -0.25) is 0 Å². The molecule has 108 valence electrons. The van der Waals surface area contributed by atoms with E-state index in [9.17, 15) is 0 Å². The molecule has 1 aromatic rings. The van der Waals surface area contributed by atoms with Crippen LogP contribution < -0.4 is 11.1 Å². The van der Waals surface area contributed by atoms with E-state index >= 15 is 0 Å². The van der Waals surface area contributed by atoms with Gasteiger partial charge in [-0.05, 0) is 30.9 Å². The highest BCUT2D eigenvalue weighted by molar-refractivity contribution is 6.31. The molecule has 3 rings (SSSR count). The summed E-state index contributed by atoms with van der Waals surface area (Å²) in [6, 6.07) is 5.84. The van der Waals surface area contributed by atoms with E-state index < -0.39 is 0 Å². The third-order valence-corrected chi connectivity index (χ3v) is 4.47. The molecule has 0 radical (unpaired) electrons. The van der Waals surface area contributed by atoms with Crippen molar-refractivity contribution < 1.29 is 9.94 Å². The monoisotopic (exact) mass is 295 g/mol. The predicted octanol–water partition coefficient (Wildman–Crippen LogP) is 1.84. The second-order valence-corrected chi connectivity index (χ2v) is 5.80. The highest BCUT2D eigenvalue weighted by Gasteiger charge is 2.40. The van der Waals surface area contributed by atoms with Gasteiger partial charge in [-0.1, -0.05) is 28.9 Å². The highest BCUT2D eigenvalue weighted by atomic mass is 35.5. The van der Waals surface area contributed by atoms with Crippen LogP contribution in [0.1, 0.15) is 30.4 Å². The first-order chi connectivity index (χ1) is 9.67. The molecule has 0 amide bonds. The van der Waals surface area contributed by atoms with Gasteiger partial charge in [-0.2, -0.15) is 0 Å². The van der Waals surface area contributed by atoms with E-state index in [0.717, 1.165) is 18.4 Å². The summed E-state index contributed by atoms with van der Waals surface area (Å²) in [6.45, 7) is 0.701. The molecular weight excluding hydrogens is 278 g/mol. The van der Waals surface area contributed by atoms with Crippen LogP contribution in [0.25, 0.3) is 0 Å². The summed E-state index contributed by atoms with van der Waals surface area (Å²) in [5.74, 6) is 0.0629. The highest BCUT2D eigenvalue weighted by Crippen LogP contribution is 2.34. The largest absolute Gasteiger partial charge is 0.409 e. The number of ether oxygens (including phenoxy) is 1. The van der Waals surface area contributed by atoms with Crippen LogP contribution in [0.15, 0.2) is 23.4 Å². The molecule has 6 heteroatoms. The molecule has 5 nitrogen and oxygen atoms in total. The number of halogens is 1. The minimum Gasteiger partial charge on any atom is -0.409 e. The van der Waals surface area contributed by atoms with Gasteiger partial charge in [-0.15, -0.1) is 0 Å². The summed E-state index contributed by atoms with van der Waals surface area (Å²) in [6.07, 6.45) is 4.23. The summed E-state index contributed by atoms with van der Waals surface area (Å²) < 4.78 is 5.81. The number of hydrogen-bond donors (Lipinski definition) is 3. The minimum absolute atomic E-state index is 0.0629. The average Bonchev–Trinajstić information content (AvgIpc) is 3.07. The molecule has 2 aliphatic rings. The van der Waals surface area contributed by atoms with Gasteiger partial charge in [0.1, 0.15) is 0 Å². The first-order valence-electron chi connectivity index (χ1n) is 6.82. The van der Waals surface area contributed by atoms with Crippen LogP contribution in [0.5, 0.6) is 0 Å². The van der Waals surface area contributed by atoms with Gasteiger partial charge in [-0.25, -0.2) is 0 Å². The van der Waals surface area contributed by atoms with Crippen LogP contribution >= 0.6 is 11.6 Å². The lowest BCUT2D eigenvalue weighted by molar-refractivity contribution is 0.0973. The fourth-order valence-corrected chi connectivity index (χ4v) is 3.25. The zero-order valence-corrected chi connectivity index (χ0v) is 11.8. The fraction of sp³-hybridized carbons (Fsp3) is 0.500. The number of nitrogens with two attached hydrogens (primary N) is 1. The van der Waals surface area contributed by atoms with E-state index in [-0.39, 0.29) is 5.84 Å². The van der Waals surface area contributed by atoms with Gasteiger partial charge < -0.3 is 21.0 Å². The molecule has 2 bridgehead atoms. The number of amidine groups is 1.